The van der Waals surface area contributed by atoms with E-state index in [-0.39, 0.29) is 0 Å². The van der Waals surface area contributed by atoms with Crippen molar-refractivity contribution < 1.29 is 0 Å². The van der Waals surface area contributed by atoms with Crippen molar-refractivity contribution in [3.05, 3.63) is 71.8 Å². The maximum Gasteiger partial charge on any atom is 0.0214 e. The third-order valence-electron chi connectivity index (χ3n) is 7.93. The lowest BCUT2D eigenvalue weighted by molar-refractivity contribution is -0.104. The summed E-state index contributed by atoms with van der Waals surface area (Å²) in [6, 6.07) is 22.3. The van der Waals surface area contributed by atoms with E-state index in [1.165, 1.54) is 36.9 Å². The van der Waals surface area contributed by atoms with E-state index in [4.69, 9.17) is 0 Å². The zero-order chi connectivity index (χ0) is 20.3. The van der Waals surface area contributed by atoms with Crippen LogP contribution in [0.1, 0.15) is 57.1 Å². The van der Waals surface area contributed by atoms with E-state index in [1.54, 1.807) is 0 Å². The monoisotopic (exact) mass is 390 g/mol. The molecule has 29 heavy (non-hydrogen) atoms. The van der Waals surface area contributed by atoms with Gasteiger partial charge in [-0.2, -0.15) is 0 Å². The lowest BCUT2D eigenvalue weighted by Gasteiger charge is -2.60. The summed E-state index contributed by atoms with van der Waals surface area (Å²) in [7, 11) is 0. The fourth-order valence-electron chi connectivity index (χ4n) is 5.87. The Morgan fingerprint density at radius 2 is 1.52 bits per heavy atom. The van der Waals surface area contributed by atoms with Crippen molar-refractivity contribution in [2.45, 2.75) is 52.0 Å². The SMILES string of the molecule is CC(CNCC(c1ccccc1)c1ccccc1)NC[C@@H]1CCC2CC1C2(C)C. The summed E-state index contributed by atoms with van der Waals surface area (Å²) in [5, 5.41) is 7.58. The molecule has 5 rings (SSSR count). The van der Waals surface area contributed by atoms with Gasteiger partial charge in [-0.1, -0.05) is 74.5 Å². The van der Waals surface area contributed by atoms with Crippen molar-refractivity contribution in [2.24, 2.45) is 23.2 Å². The number of hydrogen-bond acceptors (Lipinski definition) is 2. The lowest BCUT2D eigenvalue weighted by Crippen LogP contribution is -2.55. The normalized spacial score (nSPS) is 26.1. The molecule has 2 nitrogen and oxygen atoms in total. The van der Waals surface area contributed by atoms with E-state index in [1.807, 2.05) is 0 Å². The van der Waals surface area contributed by atoms with Crippen molar-refractivity contribution >= 4 is 0 Å². The Balaban J connectivity index is 1.26. The van der Waals surface area contributed by atoms with Gasteiger partial charge in [-0.15, -0.1) is 0 Å². The summed E-state index contributed by atoms with van der Waals surface area (Å²) < 4.78 is 0. The van der Waals surface area contributed by atoms with Crippen molar-refractivity contribution in [1.29, 1.82) is 0 Å². The number of fused-ring (bicyclic) bond motifs is 2. The molecule has 156 valence electrons. The molecule has 2 aromatic rings. The van der Waals surface area contributed by atoms with E-state index in [0.29, 0.717) is 17.4 Å². The van der Waals surface area contributed by atoms with E-state index in [0.717, 1.165) is 30.8 Å². The first kappa shape index (κ1) is 20.6. The van der Waals surface area contributed by atoms with E-state index in [2.05, 4.69) is 92.1 Å². The molecule has 2 N–H and O–H groups in total. The Morgan fingerprint density at radius 1 is 0.897 bits per heavy atom. The number of rotatable bonds is 9. The largest absolute Gasteiger partial charge is 0.314 e. The van der Waals surface area contributed by atoms with Gasteiger partial charge >= 0.3 is 0 Å². The third kappa shape index (κ3) is 4.59. The van der Waals surface area contributed by atoms with Crippen LogP contribution in [0, 0.1) is 23.2 Å². The van der Waals surface area contributed by atoms with Gasteiger partial charge in [-0.05, 0) is 67.0 Å². The number of nitrogens with one attached hydrogen (secondary N) is 2. The van der Waals surface area contributed by atoms with Gasteiger partial charge < -0.3 is 10.6 Å². The fraction of sp³-hybridized carbons (Fsp3) is 0.556. The lowest BCUT2D eigenvalue weighted by atomic mass is 9.45. The smallest absolute Gasteiger partial charge is 0.0214 e. The van der Waals surface area contributed by atoms with E-state index in [9.17, 15) is 0 Å². The summed E-state index contributed by atoms with van der Waals surface area (Å²) in [6.07, 6.45) is 4.34. The highest BCUT2D eigenvalue weighted by atomic mass is 15.0. The molecule has 3 unspecified atom stereocenters. The maximum atomic E-state index is 3.84. The molecule has 4 atom stereocenters. The van der Waals surface area contributed by atoms with Gasteiger partial charge in [0.05, 0.1) is 0 Å². The standard InChI is InChI=1S/C27H38N2/c1-20(29-18-23-14-15-24-16-26(23)27(24,2)3)17-28-19-25(21-10-6-4-7-11-21)22-12-8-5-9-13-22/h4-13,20,23-26,28-29H,14-19H2,1-3H3/t20?,23-,24?,26?/m0/s1. The molecule has 0 heterocycles. The van der Waals surface area contributed by atoms with Gasteiger partial charge in [0.2, 0.25) is 0 Å². The summed E-state index contributed by atoms with van der Waals surface area (Å²) in [5.74, 6) is 3.21. The van der Waals surface area contributed by atoms with Crippen LogP contribution in [0.2, 0.25) is 0 Å². The second-order valence-corrected chi connectivity index (χ2v) is 10.0. The molecule has 0 radical (unpaired) electrons. The molecule has 2 bridgehead atoms. The third-order valence-corrected chi connectivity index (χ3v) is 7.93. The van der Waals surface area contributed by atoms with Crippen LogP contribution in [0.15, 0.2) is 60.7 Å². The average molecular weight is 391 g/mol. The highest BCUT2D eigenvalue weighted by molar-refractivity contribution is 5.32. The van der Waals surface area contributed by atoms with Gasteiger partial charge in [-0.25, -0.2) is 0 Å². The second-order valence-electron chi connectivity index (χ2n) is 10.0. The molecule has 3 aliphatic rings. The molecular formula is C27H38N2. The van der Waals surface area contributed by atoms with Crippen LogP contribution in [-0.4, -0.2) is 25.7 Å². The topological polar surface area (TPSA) is 24.1 Å². The molecule has 0 spiro atoms. The highest BCUT2D eigenvalue weighted by Gasteiger charge is 2.53. The van der Waals surface area contributed by atoms with Crippen LogP contribution in [0.5, 0.6) is 0 Å². The second kappa shape index (κ2) is 9.02. The van der Waals surface area contributed by atoms with E-state index >= 15 is 0 Å². The van der Waals surface area contributed by atoms with Gasteiger partial charge in [0, 0.05) is 25.0 Å². The molecule has 3 fully saturated rings. The number of benzene rings is 2. The Bertz CT molecular complexity index is 713. The molecule has 0 saturated heterocycles. The summed E-state index contributed by atoms with van der Waals surface area (Å²) >= 11 is 0. The van der Waals surface area contributed by atoms with Crippen LogP contribution >= 0.6 is 0 Å². The van der Waals surface area contributed by atoms with Crippen LogP contribution in [0.3, 0.4) is 0 Å². The van der Waals surface area contributed by atoms with Crippen molar-refractivity contribution in [2.75, 3.05) is 19.6 Å². The summed E-state index contributed by atoms with van der Waals surface area (Å²) in [5.41, 5.74) is 3.36. The van der Waals surface area contributed by atoms with Crippen LogP contribution in [0.25, 0.3) is 0 Å². The van der Waals surface area contributed by atoms with Gasteiger partial charge in [0.15, 0.2) is 0 Å². The minimum absolute atomic E-state index is 0.399. The Kier molecular flexibility index (Phi) is 6.41. The molecule has 2 heteroatoms. The molecular weight excluding hydrogens is 352 g/mol. The quantitative estimate of drug-likeness (QED) is 0.594. The fourth-order valence-corrected chi connectivity index (χ4v) is 5.87. The van der Waals surface area contributed by atoms with Crippen LogP contribution in [0.4, 0.5) is 0 Å². The van der Waals surface area contributed by atoms with Crippen molar-refractivity contribution in [3.63, 3.8) is 0 Å². The first-order valence-electron chi connectivity index (χ1n) is 11.6. The Hall–Kier alpha value is -1.64. The first-order valence-corrected chi connectivity index (χ1v) is 11.6. The average Bonchev–Trinajstić information content (AvgIpc) is 2.76. The zero-order valence-electron chi connectivity index (χ0n) is 18.4. The molecule has 0 amide bonds. The molecule has 0 aromatic heterocycles. The molecule has 3 saturated carbocycles. The molecule has 0 aliphatic heterocycles. The van der Waals surface area contributed by atoms with Gasteiger partial charge in [0.1, 0.15) is 0 Å². The summed E-state index contributed by atoms with van der Waals surface area (Å²) in [6.45, 7) is 10.5. The Morgan fingerprint density at radius 3 is 2.07 bits per heavy atom. The predicted octanol–water partition coefficient (Wildman–Crippen LogP) is 5.46. The Labute approximate surface area is 177 Å². The van der Waals surface area contributed by atoms with Gasteiger partial charge in [-0.3, -0.25) is 0 Å². The minimum Gasteiger partial charge on any atom is -0.314 e. The van der Waals surface area contributed by atoms with E-state index < -0.39 is 0 Å². The van der Waals surface area contributed by atoms with Crippen molar-refractivity contribution in [1.82, 2.24) is 10.6 Å². The van der Waals surface area contributed by atoms with Crippen LogP contribution in [-0.2, 0) is 0 Å². The summed E-state index contributed by atoms with van der Waals surface area (Å²) in [4.78, 5) is 0. The number of hydrogen-bond donors (Lipinski definition) is 2. The molecule has 3 aliphatic carbocycles. The van der Waals surface area contributed by atoms with Crippen LogP contribution < -0.4 is 10.6 Å². The molecule has 2 aromatic carbocycles. The minimum atomic E-state index is 0.399. The zero-order valence-corrected chi connectivity index (χ0v) is 18.4. The maximum absolute atomic E-state index is 3.84. The first-order chi connectivity index (χ1) is 14.1. The van der Waals surface area contributed by atoms with Gasteiger partial charge in [0.25, 0.3) is 0 Å². The van der Waals surface area contributed by atoms with Crippen molar-refractivity contribution in [3.8, 4) is 0 Å². The highest BCUT2D eigenvalue weighted by Crippen LogP contribution is 2.61. The predicted molar refractivity (Wildman–Crippen MR) is 123 cm³/mol.